The second-order valence-corrected chi connectivity index (χ2v) is 7.95. The zero-order valence-corrected chi connectivity index (χ0v) is 18.7. The molecule has 6 N–H and O–H groups in total. The molecule has 2 aromatic carbocycles. The summed E-state index contributed by atoms with van der Waals surface area (Å²) >= 11 is 0. The van der Waals surface area contributed by atoms with Gasteiger partial charge in [0.2, 0.25) is 5.91 Å². The van der Waals surface area contributed by atoms with Crippen molar-refractivity contribution in [2.75, 3.05) is 44.3 Å². The number of ether oxygens (including phenoxy) is 1. The van der Waals surface area contributed by atoms with E-state index in [1.54, 1.807) is 12.1 Å². The van der Waals surface area contributed by atoms with Gasteiger partial charge in [-0.05, 0) is 30.2 Å². The molecule has 2 aromatic rings. The van der Waals surface area contributed by atoms with Crippen LogP contribution >= 0.6 is 0 Å². The molecule has 1 unspecified atom stereocenters. The van der Waals surface area contributed by atoms with Crippen LogP contribution in [-0.2, 0) is 22.6 Å². The van der Waals surface area contributed by atoms with Crippen LogP contribution < -0.4 is 26.6 Å². The van der Waals surface area contributed by atoms with E-state index in [0.29, 0.717) is 18.7 Å². The van der Waals surface area contributed by atoms with Crippen LogP contribution in [0.1, 0.15) is 23.6 Å². The fraction of sp³-hybridized carbons (Fsp3) is 0.417. The SMILES string of the molecule is CC(NCCNCc1cccc(N2CCOCC2)c1)C(=O)NCc1ccc(C(=N)N)cc1. The lowest BCUT2D eigenvalue weighted by molar-refractivity contribution is -0.122. The third-order valence-electron chi connectivity index (χ3n) is 5.49. The molecule has 8 nitrogen and oxygen atoms in total. The number of carbonyl (C=O) groups is 1. The summed E-state index contributed by atoms with van der Waals surface area (Å²) in [6.45, 7) is 8.00. The van der Waals surface area contributed by atoms with E-state index < -0.39 is 0 Å². The molecule has 0 aromatic heterocycles. The number of amides is 1. The molecule has 1 atom stereocenters. The van der Waals surface area contributed by atoms with Crippen molar-refractivity contribution < 1.29 is 9.53 Å². The lowest BCUT2D eigenvalue weighted by atomic mass is 10.1. The molecule has 1 aliphatic heterocycles. The number of amidine groups is 1. The maximum atomic E-state index is 12.3. The number of carbonyl (C=O) groups excluding carboxylic acids is 1. The second-order valence-electron chi connectivity index (χ2n) is 7.95. The number of anilines is 1. The number of morpholine rings is 1. The predicted octanol–water partition coefficient (Wildman–Crippen LogP) is 1.19. The summed E-state index contributed by atoms with van der Waals surface area (Å²) in [6.07, 6.45) is 0. The van der Waals surface area contributed by atoms with Gasteiger partial charge >= 0.3 is 0 Å². The van der Waals surface area contributed by atoms with Gasteiger partial charge in [0.1, 0.15) is 5.84 Å². The number of nitrogens with one attached hydrogen (secondary N) is 4. The van der Waals surface area contributed by atoms with Gasteiger partial charge in [-0.1, -0.05) is 36.4 Å². The summed E-state index contributed by atoms with van der Waals surface area (Å²) in [5, 5.41) is 17.0. The minimum Gasteiger partial charge on any atom is -0.384 e. The molecule has 8 heteroatoms. The fourth-order valence-electron chi connectivity index (χ4n) is 3.53. The standard InChI is InChI=1S/C24H34N6O2/c1-18(24(31)29-17-19-5-7-21(8-6-19)23(25)26)28-10-9-27-16-20-3-2-4-22(15-20)30-11-13-32-14-12-30/h2-8,15,18,27-28H,9-14,16-17H2,1H3,(H3,25,26)(H,29,31). The highest BCUT2D eigenvalue weighted by molar-refractivity contribution is 5.94. The summed E-state index contributed by atoms with van der Waals surface area (Å²) < 4.78 is 5.43. The molecule has 1 saturated heterocycles. The van der Waals surface area contributed by atoms with Gasteiger partial charge in [0, 0.05) is 50.5 Å². The first-order chi connectivity index (χ1) is 15.5. The molecule has 1 amide bonds. The van der Waals surface area contributed by atoms with Crippen molar-refractivity contribution >= 4 is 17.4 Å². The summed E-state index contributed by atoms with van der Waals surface area (Å²) in [5.41, 5.74) is 9.59. The first kappa shape index (κ1) is 23.7. The largest absolute Gasteiger partial charge is 0.384 e. The number of benzene rings is 2. The highest BCUT2D eigenvalue weighted by Crippen LogP contribution is 2.17. The van der Waals surface area contributed by atoms with Crippen LogP contribution in [0.25, 0.3) is 0 Å². The van der Waals surface area contributed by atoms with Crippen molar-refractivity contribution in [3.63, 3.8) is 0 Å². The lowest BCUT2D eigenvalue weighted by Gasteiger charge is -2.29. The zero-order chi connectivity index (χ0) is 22.8. The normalized spacial score (nSPS) is 14.7. The van der Waals surface area contributed by atoms with Crippen molar-refractivity contribution in [1.82, 2.24) is 16.0 Å². The molecular formula is C24H34N6O2. The topological polar surface area (TPSA) is 115 Å². The molecule has 32 heavy (non-hydrogen) atoms. The van der Waals surface area contributed by atoms with Crippen LogP contribution in [0.2, 0.25) is 0 Å². The Kier molecular flexibility index (Phi) is 9.03. The summed E-state index contributed by atoms with van der Waals surface area (Å²) in [6, 6.07) is 15.6. The van der Waals surface area contributed by atoms with E-state index in [1.807, 2.05) is 19.1 Å². The molecule has 1 heterocycles. The Bertz CT molecular complexity index is 880. The van der Waals surface area contributed by atoms with Crippen molar-refractivity contribution in [1.29, 1.82) is 5.41 Å². The lowest BCUT2D eigenvalue weighted by Crippen LogP contribution is -2.44. The van der Waals surface area contributed by atoms with Crippen molar-refractivity contribution in [3.05, 3.63) is 65.2 Å². The highest BCUT2D eigenvalue weighted by atomic mass is 16.5. The Balaban J connectivity index is 1.32. The van der Waals surface area contributed by atoms with Gasteiger partial charge in [0.25, 0.3) is 0 Å². The number of hydrogen-bond acceptors (Lipinski definition) is 6. The third kappa shape index (κ3) is 7.33. The molecule has 0 bridgehead atoms. The minimum atomic E-state index is -0.280. The van der Waals surface area contributed by atoms with Crippen LogP contribution in [0, 0.1) is 5.41 Å². The Morgan fingerprint density at radius 1 is 1.09 bits per heavy atom. The van der Waals surface area contributed by atoms with Gasteiger partial charge in [-0.15, -0.1) is 0 Å². The van der Waals surface area contributed by atoms with Crippen LogP contribution in [0.5, 0.6) is 0 Å². The first-order valence-electron chi connectivity index (χ1n) is 11.1. The molecule has 1 fully saturated rings. The maximum absolute atomic E-state index is 12.3. The predicted molar refractivity (Wildman–Crippen MR) is 128 cm³/mol. The Morgan fingerprint density at radius 3 is 2.56 bits per heavy atom. The average Bonchev–Trinajstić information content (AvgIpc) is 2.83. The molecule has 0 spiro atoms. The number of nitrogens with two attached hydrogens (primary N) is 1. The number of nitrogen functional groups attached to an aromatic ring is 1. The molecule has 172 valence electrons. The van der Waals surface area contributed by atoms with Gasteiger partial charge in [0.15, 0.2) is 0 Å². The van der Waals surface area contributed by atoms with Gasteiger partial charge in [-0.3, -0.25) is 10.2 Å². The van der Waals surface area contributed by atoms with E-state index in [9.17, 15) is 4.79 Å². The third-order valence-corrected chi connectivity index (χ3v) is 5.49. The Morgan fingerprint density at radius 2 is 1.84 bits per heavy atom. The van der Waals surface area contributed by atoms with Crippen molar-refractivity contribution in [2.24, 2.45) is 5.73 Å². The number of rotatable bonds is 11. The van der Waals surface area contributed by atoms with Crippen LogP contribution in [0.15, 0.2) is 48.5 Å². The monoisotopic (exact) mass is 438 g/mol. The average molecular weight is 439 g/mol. The second kappa shape index (κ2) is 12.2. The Labute approximate surface area is 190 Å². The summed E-state index contributed by atoms with van der Waals surface area (Å²) in [4.78, 5) is 14.7. The molecule has 0 saturated carbocycles. The highest BCUT2D eigenvalue weighted by Gasteiger charge is 2.12. The molecule has 1 aliphatic rings. The van der Waals surface area contributed by atoms with Crippen molar-refractivity contribution in [3.8, 4) is 0 Å². The fourth-order valence-corrected chi connectivity index (χ4v) is 3.53. The maximum Gasteiger partial charge on any atom is 0.237 e. The zero-order valence-electron chi connectivity index (χ0n) is 18.7. The minimum absolute atomic E-state index is 0.0387. The summed E-state index contributed by atoms with van der Waals surface area (Å²) in [7, 11) is 0. The van der Waals surface area contributed by atoms with Crippen molar-refractivity contribution in [2.45, 2.75) is 26.1 Å². The van der Waals surface area contributed by atoms with Gasteiger partial charge in [-0.25, -0.2) is 0 Å². The van der Waals surface area contributed by atoms with E-state index in [1.165, 1.54) is 11.3 Å². The van der Waals surface area contributed by atoms with Gasteiger partial charge in [0.05, 0.1) is 19.3 Å². The van der Waals surface area contributed by atoms with Crippen LogP contribution in [0.3, 0.4) is 0 Å². The summed E-state index contributed by atoms with van der Waals surface area (Å²) in [5.74, 6) is -0.00400. The van der Waals surface area contributed by atoms with Gasteiger partial charge < -0.3 is 31.3 Å². The quantitative estimate of drug-likeness (QED) is 0.205. The van der Waals surface area contributed by atoms with E-state index in [4.69, 9.17) is 15.9 Å². The van der Waals surface area contributed by atoms with Crippen LogP contribution in [0.4, 0.5) is 5.69 Å². The molecular weight excluding hydrogens is 404 g/mol. The Hall–Kier alpha value is -2.94. The number of nitrogens with zero attached hydrogens (tertiary/aromatic N) is 1. The smallest absolute Gasteiger partial charge is 0.237 e. The van der Waals surface area contributed by atoms with E-state index in [-0.39, 0.29) is 17.8 Å². The van der Waals surface area contributed by atoms with E-state index in [2.05, 4.69) is 45.1 Å². The molecule has 3 rings (SSSR count). The number of hydrogen-bond donors (Lipinski definition) is 5. The van der Waals surface area contributed by atoms with Gasteiger partial charge in [-0.2, -0.15) is 0 Å². The van der Waals surface area contributed by atoms with Crippen LogP contribution in [-0.4, -0.2) is 57.2 Å². The molecule has 0 radical (unpaired) electrons. The first-order valence-corrected chi connectivity index (χ1v) is 11.1. The van der Waals surface area contributed by atoms with E-state index >= 15 is 0 Å². The molecule has 0 aliphatic carbocycles. The van der Waals surface area contributed by atoms with E-state index in [0.717, 1.165) is 45.0 Å².